The van der Waals surface area contributed by atoms with E-state index in [1.165, 1.54) is 0 Å². The summed E-state index contributed by atoms with van der Waals surface area (Å²) >= 11 is 0. The van der Waals surface area contributed by atoms with Crippen molar-refractivity contribution in [2.24, 2.45) is 0 Å². The number of amides is 1. The van der Waals surface area contributed by atoms with Crippen molar-refractivity contribution in [2.45, 2.75) is 25.9 Å². The van der Waals surface area contributed by atoms with E-state index in [0.717, 1.165) is 5.56 Å². The van der Waals surface area contributed by atoms with Crippen LogP contribution in [0.1, 0.15) is 31.4 Å². The molecule has 2 N–H and O–H groups in total. The Bertz CT molecular complexity index is 418. The van der Waals surface area contributed by atoms with Crippen molar-refractivity contribution >= 4 is 5.91 Å². The number of rotatable bonds is 7. The predicted molar refractivity (Wildman–Crippen MR) is 72.4 cm³/mol. The Morgan fingerprint density at radius 3 is 2.74 bits per heavy atom. The Morgan fingerprint density at radius 1 is 1.42 bits per heavy atom. The van der Waals surface area contributed by atoms with Gasteiger partial charge in [-0.15, -0.1) is 0 Å². The number of aliphatic hydroxyl groups excluding tert-OH is 1. The number of hydrogen-bond acceptors (Lipinski definition) is 4. The third-order valence-corrected chi connectivity index (χ3v) is 2.75. The fourth-order valence-electron chi connectivity index (χ4n) is 1.60. The lowest BCUT2D eigenvalue weighted by Gasteiger charge is -2.13. The van der Waals surface area contributed by atoms with E-state index in [2.05, 4.69) is 5.32 Å². The Morgan fingerprint density at radius 2 is 2.16 bits per heavy atom. The Hall–Kier alpha value is -1.75. The topological polar surface area (TPSA) is 67.8 Å². The molecule has 5 heteroatoms. The van der Waals surface area contributed by atoms with E-state index in [1.54, 1.807) is 39.3 Å². The fraction of sp³-hybridized carbons (Fsp3) is 0.500. The Labute approximate surface area is 113 Å². The molecule has 0 bridgehead atoms. The molecule has 1 aromatic carbocycles. The lowest BCUT2D eigenvalue weighted by atomic mass is 10.1. The lowest BCUT2D eigenvalue weighted by molar-refractivity contribution is -0.120. The van der Waals surface area contributed by atoms with Gasteiger partial charge in [-0.25, -0.2) is 0 Å². The summed E-state index contributed by atoms with van der Waals surface area (Å²) in [6, 6.07) is 5.31. The van der Waals surface area contributed by atoms with Crippen molar-refractivity contribution in [1.82, 2.24) is 5.32 Å². The van der Waals surface area contributed by atoms with Crippen molar-refractivity contribution in [3.63, 3.8) is 0 Å². The molecule has 1 rings (SSSR count). The van der Waals surface area contributed by atoms with Crippen LogP contribution in [0.25, 0.3) is 0 Å². The quantitative estimate of drug-likeness (QED) is 0.737. The highest BCUT2D eigenvalue weighted by molar-refractivity contribution is 5.75. The highest BCUT2D eigenvalue weighted by Crippen LogP contribution is 2.30. The van der Waals surface area contributed by atoms with Crippen LogP contribution >= 0.6 is 0 Å². The van der Waals surface area contributed by atoms with E-state index in [4.69, 9.17) is 9.47 Å². The van der Waals surface area contributed by atoms with Gasteiger partial charge in [-0.3, -0.25) is 4.79 Å². The van der Waals surface area contributed by atoms with Gasteiger partial charge in [0.2, 0.25) is 5.91 Å². The molecule has 0 saturated carbocycles. The van der Waals surface area contributed by atoms with E-state index in [0.29, 0.717) is 30.9 Å². The summed E-state index contributed by atoms with van der Waals surface area (Å²) in [5.41, 5.74) is 0.773. The minimum absolute atomic E-state index is 0.0000169. The standard InChI is InChI=1S/C14H21NO4/c1-10(16)11-6-7-12(13(9-11)18-3)19-8-4-5-14(17)15-2/h6-7,9-10,16H,4-5,8H2,1-3H3,(H,15,17)/t10-/m0/s1. The highest BCUT2D eigenvalue weighted by Gasteiger charge is 2.08. The summed E-state index contributed by atoms with van der Waals surface area (Å²) in [5.74, 6) is 1.20. The summed E-state index contributed by atoms with van der Waals surface area (Å²) in [7, 11) is 3.17. The first-order valence-corrected chi connectivity index (χ1v) is 6.28. The SMILES string of the molecule is CNC(=O)CCCOc1ccc([C@H](C)O)cc1OC. The van der Waals surface area contributed by atoms with E-state index >= 15 is 0 Å². The van der Waals surface area contributed by atoms with Crippen molar-refractivity contribution in [2.75, 3.05) is 20.8 Å². The molecule has 0 heterocycles. The van der Waals surface area contributed by atoms with Crippen LogP contribution in [0.15, 0.2) is 18.2 Å². The molecule has 0 radical (unpaired) electrons. The van der Waals surface area contributed by atoms with E-state index in [9.17, 15) is 9.90 Å². The van der Waals surface area contributed by atoms with Gasteiger partial charge in [0.25, 0.3) is 0 Å². The van der Waals surface area contributed by atoms with Crippen LogP contribution in [-0.2, 0) is 4.79 Å². The first-order chi connectivity index (χ1) is 9.08. The normalized spacial score (nSPS) is 11.8. The van der Waals surface area contributed by atoms with Gasteiger partial charge < -0.3 is 19.9 Å². The van der Waals surface area contributed by atoms with Crippen LogP contribution in [-0.4, -0.2) is 31.8 Å². The first kappa shape index (κ1) is 15.3. The maximum absolute atomic E-state index is 11.0. The summed E-state index contributed by atoms with van der Waals surface area (Å²) in [4.78, 5) is 11.0. The maximum Gasteiger partial charge on any atom is 0.219 e. The summed E-state index contributed by atoms with van der Waals surface area (Å²) in [6.07, 6.45) is 0.530. The zero-order valence-corrected chi connectivity index (χ0v) is 11.6. The van der Waals surface area contributed by atoms with E-state index in [1.807, 2.05) is 0 Å². The average molecular weight is 267 g/mol. The largest absolute Gasteiger partial charge is 0.493 e. The van der Waals surface area contributed by atoms with Gasteiger partial charge in [-0.1, -0.05) is 6.07 Å². The molecule has 0 aliphatic carbocycles. The van der Waals surface area contributed by atoms with Gasteiger partial charge in [0.05, 0.1) is 19.8 Å². The van der Waals surface area contributed by atoms with Gasteiger partial charge in [-0.2, -0.15) is 0 Å². The van der Waals surface area contributed by atoms with Gasteiger partial charge in [-0.05, 0) is 31.0 Å². The first-order valence-electron chi connectivity index (χ1n) is 6.28. The van der Waals surface area contributed by atoms with Crippen molar-refractivity contribution < 1.29 is 19.4 Å². The molecule has 5 nitrogen and oxygen atoms in total. The zero-order chi connectivity index (χ0) is 14.3. The molecule has 0 spiro atoms. The van der Waals surface area contributed by atoms with Crippen molar-refractivity contribution in [3.8, 4) is 11.5 Å². The summed E-state index contributed by atoms with van der Waals surface area (Å²) in [5, 5.41) is 12.1. The second-order valence-corrected chi connectivity index (χ2v) is 4.21. The number of aliphatic hydroxyl groups is 1. The Kier molecular flexibility index (Phi) is 6.15. The van der Waals surface area contributed by atoms with Gasteiger partial charge in [0, 0.05) is 13.5 Å². The summed E-state index contributed by atoms with van der Waals surface area (Å²) < 4.78 is 10.8. The molecule has 0 fully saturated rings. The third kappa shape index (κ3) is 4.79. The number of benzene rings is 1. The molecule has 0 unspecified atom stereocenters. The maximum atomic E-state index is 11.0. The monoisotopic (exact) mass is 267 g/mol. The fourth-order valence-corrected chi connectivity index (χ4v) is 1.60. The van der Waals surface area contributed by atoms with Crippen LogP contribution < -0.4 is 14.8 Å². The molecule has 0 saturated heterocycles. The van der Waals surface area contributed by atoms with Crippen molar-refractivity contribution in [3.05, 3.63) is 23.8 Å². The molecule has 106 valence electrons. The average Bonchev–Trinajstić information content (AvgIpc) is 2.42. The minimum atomic E-state index is -0.545. The molecule has 1 amide bonds. The number of ether oxygens (including phenoxy) is 2. The molecule has 19 heavy (non-hydrogen) atoms. The smallest absolute Gasteiger partial charge is 0.219 e. The van der Waals surface area contributed by atoms with E-state index < -0.39 is 6.10 Å². The van der Waals surface area contributed by atoms with Gasteiger partial charge >= 0.3 is 0 Å². The highest BCUT2D eigenvalue weighted by atomic mass is 16.5. The second kappa shape index (κ2) is 7.63. The molecule has 1 aromatic rings. The second-order valence-electron chi connectivity index (χ2n) is 4.21. The van der Waals surface area contributed by atoms with Crippen LogP contribution in [0.3, 0.4) is 0 Å². The number of nitrogens with one attached hydrogen (secondary N) is 1. The predicted octanol–water partition coefficient (Wildman–Crippen LogP) is 1.65. The van der Waals surface area contributed by atoms with Gasteiger partial charge in [0.1, 0.15) is 0 Å². The zero-order valence-electron chi connectivity index (χ0n) is 11.6. The molecule has 0 aliphatic heterocycles. The number of hydrogen-bond donors (Lipinski definition) is 2. The number of carbonyl (C=O) groups excluding carboxylic acids is 1. The van der Waals surface area contributed by atoms with Crippen LogP contribution in [0.2, 0.25) is 0 Å². The number of methoxy groups -OCH3 is 1. The lowest BCUT2D eigenvalue weighted by Crippen LogP contribution is -2.18. The van der Waals surface area contributed by atoms with Crippen molar-refractivity contribution in [1.29, 1.82) is 0 Å². The number of carbonyl (C=O) groups is 1. The molecule has 0 aliphatic rings. The third-order valence-electron chi connectivity index (χ3n) is 2.75. The van der Waals surface area contributed by atoms with Crippen LogP contribution in [0.5, 0.6) is 11.5 Å². The minimum Gasteiger partial charge on any atom is -0.493 e. The molecule has 1 atom stereocenters. The summed E-state index contributed by atoms with van der Waals surface area (Å²) in [6.45, 7) is 2.14. The van der Waals surface area contributed by atoms with Crippen LogP contribution in [0, 0.1) is 0 Å². The van der Waals surface area contributed by atoms with E-state index in [-0.39, 0.29) is 5.91 Å². The molecular weight excluding hydrogens is 246 g/mol. The Balaban J connectivity index is 2.56. The van der Waals surface area contributed by atoms with Gasteiger partial charge in [0.15, 0.2) is 11.5 Å². The van der Waals surface area contributed by atoms with Crippen LogP contribution in [0.4, 0.5) is 0 Å². The molecular formula is C14H21NO4. The molecule has 0 aromatic heterocycles.